The van der Waals surface area contributed by atoms with Crippen molar-refractivity contribution in [1.82, 2.24) is 4.98 Å². The Morgan fingerprint density at radius 3 is 2.16 bits per heavy atom. The van der Waals surface area contributed by atoms with E-state index in [1.807, 2.05) is 72.8 Å². The minimum atomic E-state index is -1.13. The fourth-order valence-corrected chi connectivity index (χ4v) is 3.69. The molecule has 1 heterocycles. The highest BCUT2D eigenvalue weighted by molar-refractivity contribution is 6.05. The maximum absolute atomic E-state index is 12.5. The molecule has 0 bridgehead atoms. The van der Waals surface area contributed by atoms with Gasteiger partial charge in [0.2, 0.25) is 0 Å². The highest BCUT2D eigenvalue weighted by Gasteiger charge is 2.21. The molecule has 0 aliphatic rings. The summed E-state index contributed by atoms with van der Waals surface area (Å²) >= 11 is 0. The summed E-state index contributed by atoms with van der Waals surface area (Å²) < 4.78 is 0. The molecule has 0 spiro atoms. The van der Waals surface area contributed by atoms with Gasteiger partial charge in [-0.3, -0.25) is 9.59 Å². The average Bonchev–Trinajstić information content (AvgIpc) is 2.82. The minimum absolute atomic E-state index is 0.0927. The molecule has 0 saturated carbocycles. The van der Waals surface area contributed by atoms with E-state index in [0.29, 0.717) is 11.3 Å². The number of benzene rings is 3. The van der Waals surface area contributed by atoms with Crippen LogP contribution >= 0.6 is 0 Å². The Morgan fingerprint density at radius 2 is 1.50 bits per heavy atom. The van der Waals surface area contributed by atoms with E-state index in [9.17, 15) is 20.0 Å². The van der Waals surface area contributed by atoms with Crippen molar-refractivity contribution in [2.75, 3.05) is 0 Å². The molecule has 156 valence electrons. The Kier molecular flexibility index (Phi) is 5.65. The van der Waals surface area contributed by atoms with Crippen LogP contribution in [0.3, 0.4) is 0 Å². The number of hydrogen-bond acceptors (Lipinski definition) is 5. The molecular formula is C26H18N2O4. The third-order valence-corrected chi connectivity index (χ3v) is 5.23. The summed E-state index contributed by atoms with van der Waals surface area (Å²) in [6, 6.07) is 24.8. The fraction of sp³-hybridized carbons (Fsp3) is 0.0769. The topological polar surface area (TPSA) is 111 Å². The number of carbonyl (C=O) groups is 2. The standard InChI is InChI=1S/C26H18N2O4/c27-15-17-14-22(28-25(26(17)32)23(29)12-13-24(30)31)21-11-10-18(16-6-2-1-3-7-16)19-8-4-5-9-20(19)21/h1-11,14,32H,12-13H2,(H,30,31). The molecule has 0 radical (unpaired) electrons. The zero-order chi connectivity index (χ0) is 22.7. The molecule has 0 fully saturated rings. The molecule has 6 nitrogen and oxygen atoms in total. The summed E-state index contributed by atoms with van der Waals surface area (Å²) in [5.74, 6) is -2.29. The summed E-state index contributed by atoms with van der Waals surface area (Å²) in [5, 5.41) is 30.5. The van der Waals surface area contributed by atoms with Crippen molar-refractivity contribution in [3.05, 3.63) is 84.1 Å². The predicted octanol–water partition coefficient (Wildman–Crippen LogP) is 5.19. The molecule has 0 amide bonds. The van der Waals surface area contributed by atoms with Gasteiger partial charge in [-0.2, -0.15) is 5.26 Å². The Balaban J connectivity index is 1.90. The summed E-state index contributed by atoms with van der Waals surface area (Å²) in [7, 11) is 0. The van der Waals surface area contributed by atoms with Crippen LogP contribution in [0.1, 0.15) is 28.9 Å². The van der Waals surface area contributed by atoms with Crippen molar-refractivity contribution in [3.63, 3.8) is 0 Å². The smallest absolute Gasteiger partial charge is 0.303 e. The van der Waals surface area contributed by atoms with Gasteiger partial charge >= 0.3 is 5.97 Å². The van der Waals surface area contributed by atoms with E-state index < -0.39 is 17.5 Å². The number of ketones is 1. The number of aliphatic carboxylic acids is 1. The monoisotopic (exact) mass is 422 g/mol. The first-order valence-corrected chi connectivity index (χ1v) is 9.96. The van der Waals surface area contributed by atoms with Crippen molar-refractivity contribution in [2.24, 2.45) is 0 Å². The Labute approximate surface area is 184 Å². The zero-order valence-electron chi connectivity index (χ0n) is 16.9. The number of Topliss-reactive ketones (excluding diaryl/α,β-unsaturated/α-hetero) is 1. The maximum atomic E-state index is 12.5. The highest BCUT2D eigenvalue weighted by Crippen LogP contribution is 2.36. The van der Waals surface area contributed by atoms with Gasteiger partial charge in [0.05, 0.1) is 17.7 Å². The molecule has 2 N–H and O–H groups in total. The quantitative estimate of drug-likeness (QED) is 0.414. The number of nitrogens with zero attached hydrogens (tertiary/aromatic N) is 2. The van der Waals surface area contributed by atoms with Crippen LogP contribution in [0.5, 0.6) is 5.75 Å². The number of nitriles is 1. The summed E-state index contributed by atoms with van der Waals surface area (Å²) in [6.45, 7) is 0. The Bertz CT molecular complexity index is 1390. The fourth-order valence-electron chi connectivity index (χ4n) is 3.69. The molecular weight excluding hydrogens is 404 g/mol. The van der Waals surface area contributed by atoms with Gasteiger partial charge in [0, 0.05) is 12.0 Å². The van der Waals surface area contributed by atoms with Gasteiger partial charge < -0.3 is 10.2 Å². The zero-order valence-corrected chi connectivity index (χ0v) is 16.9. The average molecular weight is 422 g/mol. The molecule has 0 aliphatic heterocycles. The number of carbonyl (C=O) groups excluding carboxylic acids is 1. The second kappa shape index (κ2) is 8.70. The number of carboxylic acids is 1. The molecule has 3 aromatic carbocycles. The van der Waals surface area contributed by atoms with Crippen LogP contribution in [0.15, 0.2) is 72.8 Å². The van der Waals surface area contributed by atoms with Crippen molar-refractivity contribution < 1.29 is 19.8 Å². The normalized spacial score (nSPS) is 10.6. The molecule has 4 rings (SSSR count). The van der Waals surface area contributed by atoms with E-state index >= 15 is 0 Å². The van der Waals surface area contributed by atoms with Gasteiger partial charge in [0.25, 0.3) is 0 Å². The SMILES string of the molecule is N#Cc1cc(-c2ccc(-c3ccccc3)c3ccccc23)nc(C(=O)CCC(=O)O)c1O. The van der Waals surface area contributed by atoms with E-state index in [2.05, 4.69) is 4.98 Å². The van der Waals surface area contributed by atoms with Crippen LogP contribution in [0, 0.1) is 11.3 Å². The van der Waals surface area contributed by atoms with E-state index in [1.165, 1.54) is 6.07 Å². The van der Waals surface area contributed by atoms with Crippen LogP contribution in [0.2, 0.25) is 0 Å². The first-order chi connectivity index (χ1) is 15.5. The molecule has 4 aromatic rings. The van der Waals surface area contributed by atoms with E-state index in [0.717, 1.165) is 21.9 Å². The number of carboxylic acid groups (broad SMARTS) is 1. The number of fused-ring (bicyclic) bond motifs is 1. The summed E-state index contributed by atoms with van der Waals surface area (Å²) in [5.41, 5.74) is 2.75. The molecule has 6 heteroatoms. The number of rotatable bonds is 6. The number of aromatic nitrogens is 1. The first-order valence-electron chi connectivity index (χ1n) is 9.96. The second-order valence-electron chi connectivity index (χ2n) is 7.25. The van der Waals surface area contributed by atoms with E-state index in [-0.39, 0.29) is 24.1 Å². The van der Waals surface area contributed by atoms with Gasteiger partial charge in [-0.25, -0.2) is 4.98 Å². The summed E-state index contributed by atoms with van der Waals surface area (Å²) in [6.07, 6.45) is -0.710. The van der Waals surface area contributed by atoms with Crippen LogP contribution in [0.4, 0.5) is 0 Å². The maximum Gasteiger partial charge on any atom is 0.303 e. The Morgan fingerprint density at radius 1 is 0.875 bits per heavy atom. The lowest BCUT2D eigenvalue weighted by Crippen LogP contribution is -2.08. The highest BCUT2D eigenvalue weighted by atomic mass is 16.4. The van der Waals surface area contributed by atoms with E-state index in [4.69, 9.17) is 5.11 Å². The largest absolute Gasteiger partial charge is 0.504 e. The van der Waals surface area contributed by atoms with E-state index in [1.54, 1.807) is 0 Å². The molecule has 1 aromatic heterocycles. The third kappa shape index (κ3) is 3.92. The van der Waals surface area contributed by atoms with Gasteiger partial charge in [0.15, 0.2) is 11.5 Å². The van der Waals surface area contributed by atoms with Crippen LogP contribution in [-0.2, 0) is 4.79 Å². The first kappa shape index (κ1) is 20.8. The lowest BCUT2D eigenvalue weighted by molar-refractivity contribution is -0.136. The van der Waals surface area contributed by atoms with Crippen molar-refractivity contribution >= 4 is 22.5 Å². The lowest BCUT2D eigenvalue weighted by Gasteiger charge is -2.13. The van der Waals surface area contributed by atoms with Gasteiger partial charge in [-0.15, -0.1) is 0 Å². The molecule has 0 atom stereocenters. The second-order valence-corrected chi connectivity index (χ2v) is 7.25. The van der Waals surface area contributed by atoms with Gasteiger partial charge in [0.1, 0.15) is 11.8 Å². The van der Waals surface area contributed by atoms with Crippen molar-refractivity contribution in [1.29, 1.82) is 5.26 Å². The number of pyridine rings is 1. The molecule has 32 heavy (non-hydrogen) atoms. The molecule has 0 unspecified atom stereocenters. The minimum Gasteiger partial charge on any atom is -0.504 e. The van der Waals surface area contributed by atoms with Crippen molar-refractivity contribution in [3.8, 4) is 34.2 Å². The van der Waals surface area contributed by atoms with Gasteiger partial charge in [-0.05, 0) is 28.0 Å². The third-order valence-electron chi connectivity index (χ3n) is 5.23. The lowest BCUT2D eigenvalue weighted by atomic mass is 9.93. The van der Waals surface area contributed by atoms with Crippen LogP contribution in [0.25, 0.3) is 33.2 Å². The molecule has 0 aliphatic carbocycles. The van der Waals surface area contributed by atoms with Crippen LogP contribution in [-0.4, -0.2) is 26.9 Å². The number of hydrogen-bond donors (Lipinski definition) is 2. The molecule has 0 saturated heterocycles. The number of aromatic hydroxyl groups is 1. The van der Waals surface area contributed by atoms with Gasteiger partial charge in [-0.1, -0.05) is 66.7 Å². The predicted molar refractivity (Wildman–Crippen MR) is 120 cm³/mol. The Hall–Kier alpha value is -4.50. The van der Waals surface area contributed by atoms with Crippen molar-refractivity contribution in [2.45, 2.75) is 12.8 Å². The summed E-state index contributed by atoms with van der Waals surface area (Å²) in [4.78, 5) is 27.7. The van der Waals surface area contributed by atoms with Crippen LogP contribution < -0.4 is 0 Å².